The summed E-state index contributed by atoms with van der Waals surface area (Å²) < 4.78 is 0. The second kappa shape index (κ2) is 7.10. The molecule has 4 heteroatoms. The van der Waals surface area contributed by atoms with Crippen molar-refractivity contribution in [3.63, 3.8) is 0 Å². The van der Waals surface area contributed by atoms with Gasteiger partial charge < -0.3 is 15.5 Å². The van der Waals surface area contributed by atoms with E-state index in [1.165, 1.54) is 0 Å². The van der Waals surface area contributed by atoms with Gasteiger partial charge in [0.2, 0.25) is 5.91 Å². The summed E-state index contributed by atoms with van der Waals surface area (Å²) in [5, 5.41) is 0. The highest BCUT2D eigenvalue weighted by Crippen LogP contribution is 2.30. The van der Waals surface area contributed by atoms with Crippen molar-refractivity contribution in [2.75, 3.05) is 34.2 Å². The highest BCUT2D eigenvalue weighted by Gasteiger charge is 2.35. The Hall–Kier alpha value is -0.610. The number of hydrogen-bond donors (Lipinski definition) is 1. The molecule has 0 bridgehead atoms. The quantitative estimate of drug-likeness (QED) is 0.802. The molecule has 0 aromatic rings. The van der Waals surface area contributed by atoms with Crippen molar-refractivity contribution in [1.29, 1.82) is 0 Å². The summed E-state index contributed by atoms with van der Waals surface area (Å²) in [4.78, 5) is 16.4. The maximum Gasteiger partial charge on any atom is 0.227 e. The van der Waals surface area contributed by atoms with Crippen molar-refractivity contribution < 1.29 is 4.79 Å². The van der Waals surface area contributed by atoms with Crippen molar-refractivity contribution >= 4 is 5.91 Å². The summed E-state index contributed by atoms with van der Waals surface area (Å²) in [6.07, 6.45) is 4.31. The Morgan fingerprint density at radius 1 is 1.22 bits per heavy atom. The maximum absolute atomic E-state index is 12.4. The van der Waals surface area contributed by atoms with E-state index in [0.29, 0.717) is 5.92 Å². The minimum atomic E-state index is 0.0307. The molecule has 2 N–H and O–H groups in total. The van der Waals surface area contributed by atoms with Crippen LogP contribution in [0.4, 0.5) is 0 Å². The fourth-order valence-corrected chi connectivity index (χ4v) is 2.87. The Morgan fingerprint density at radius 2 is 1.89 bits per heavy atom. The molecule has 1 aliphatic carbocycles. The largest absolute Gasteiger partial charge is 0.345 e. The average molecular weight is 255 g/mol. The number of carbonyl (C=O) groups excluding carboxylic acids is 1. The molecule has 4 nitrogen and oxygen atoms in total. The van der Waals surface area contributed by atoms with E-state index in [0.717, 1.165) is 38.8 Å². The molecule has 0 radical (unpaired) electrons. The molecule has 1 fully saturated rings. The first-order chi connectivity index (χ1) is 8.43. The number of rotatable bonds is 5. The standard InChI is InChI=1S/C14H29N3O/c1-11-7-5-8-12(15)13(11)14(18)17(4)10-6-9-16(2)3/h11-13H,5-10,15H2,1-4H3. The highest BCUT2D eigenvalue weighted by atomic mass is 16.2. The second-order valence-electron chi connectivity index (χ2n) is 6.01. The van der Waals surface area contributed by atoms with Crippen LogP contribution >= 0.6 is 0 Å². The van der Waals surface area contributed by atoms with Gasteiger partial charge in [-0.15, -0.1) is 0 Å². The number of nitrogens with zero attached hydrogens (tertiary/aromatic N) is 2. The van der Waals surface area contributed by atoms with Crippen LogP contribution in [0.2, 0.25) is 0 Å². The van der Waals surface area contributed by atoms with Crippen molar-refractivity contribution in [3.8, 4) is 0 Å². The zero-order chi connectivity index (χ0) is 13.7. The highest BCUT2D eigenvalue weighted by molar-refractivity contribution is 5.79. The fraction of sp³-hybridized carbons (Fsp3) is 0.929. The van der Waals surface area contributed by atoms with Gasteiger partial charge in [-0.3, -0.25) is 4.79 Å². The summed E-state index contributed by atoms with van der Waals surface area (Å²) in [6, 6.07) is 0.0533. The molecule has 0 heterocycles. The smallest absolute Gasteiger partial charge is 0.227 e. The number of hydrogen-bond acceptors (Lipinski definition) is 3. The summed E-state index contributed by atoms with van der Waals surface area (Å²) in [7, 11) is 6.02. The lowest BCUT2D eigenvalue weighted by atomic mass is 9.76. The third-order valence-corrected chi connectivity index (χ3v) is 4.03. The molecule has 1 rings (SSSR count). The molecule has 1 aliphatic rings. The Morgan fingerprint density at radius 3 is 2.44 bits per heavy atom. The minimum absolute atomic E-state index is 0.0307. The van der Waals surface area contributed by atoms with E-state index in [1.807, 2.05) is 11.9 Å². The Kier molecular flexibility index (Phi) is 6.09. The number of amides is 1. The van der Waals surface area contributed by atoms with Crippen molar-refractivity contribution in [2.45, 2.75) is 38.6 Å². The monoisotopic (exact) mass is 255 g/mol. The molecular formula is C14H29N3O. The van der Waals surface area contributed by atoms with Crippen molar-refractivity contribution in [1.82, 2.24) is 9.80 Å². The van der Waals surface area contributed by atoms with Gasteiger partial charge in [-0.1, -0.05) is 13.3 Å². The molecule has 3 unspecified atom stereocenters. The predicted octanol–water partition coefficient (Wildman–Crippen LogP) is 1.16. The molecule has 18 heavy (non-hydrogen) atoms. The maximum atomic E-state index is 12.4. The first-order valence-electron chi connectivity index (χ1n) is 7.08. The molecule has 1 saturated carbocycles. The van der Waals surface area contributed by atoms with Crippen molar-refractivity contribution in [2.24, 2.45) is 17.6 Å². The predicted molar refractivity (Wildman–Crippen MR) is 75.3 cm³/mol. The van der Waals surface area contributed by atoms with Gasteiger partial charge in [0.25, 0.3) is 0 Å². The molecule has 106 valence electrons. The van der Waals surface area contributed by atoms with Crippen LogP contribution in [0, 0.1) is 11.8 Å². The van der Waals surface area contributed by atoms with E-state index >= 15 is 0 Å². The van der Waals surface area contributed by atoms with E-state index in [9.17, 15) is 4.79 Å². The van der Waals surface area contributed by atoms with Gasteiger partial charge in [-0.05, 0) is 45.8 Å². The van der Waals surface area contributed by atoms with E-state index < -0.39 is 0 Å². The van der Waals surface area contributed by atoms with Crippen LogP contribution in [-0.4, -0.2) is 56.0 Å². The molecule has 0 aromatic carbocycles. The molecular weight excluding hydrogens is 226 g/mol. The first kappa shape index (κ1) is 15.4. The third kappa shape index (κ3) is 4.25. The zero-order valence-corrected chi connectivity index (χ0v) is 12.4. The normalized spacial score (nSPS) is 28.4. The molecule has 0 saturated heterocycles. The topological polar surface area (TPSA) is 49.6 Å². The Balaban J connectivity index is 2.46. The summed E-state index contributed by atoms with van der Waals surface area (Å²) in [5.41, 5.74) is 6.13. The zero-order valence-electron chi connectivity index (χ0n) is 12.4. The minimum Gasteiger partial charge on any atom is -0.345 e. The SMILES string of the molecule is CC1CCCC(N)C1C(=O)N(C)CCCN(C)C. The van der Waals surface area contributed by atoms with Crippen LogP contribution in [0.1, 0.15) is 32.6 Å². The molecule has 3 atom stereocenters. The van der Waals surface area contributed by atoms with Gasteiger partial charge in [0.15, 0.2) is 0 Å². The van der Waals surface area contributed by atoms with Gasteiger partial charge >= 0.3 is 0 Å². The van der Waals surface area contributed by atoms with Crippen LogP contribution in [0.25, 0.3) is 0 Å². The van der Waals surface area contributed by atoms with E-state index in [2.05, 4.69) is 25.9 Å². The van der Waals surface area contributed by atoms with Crippen LogP contribution in [-0.2, 0) is 4.79 Å². The molecule has 1 amide bonds. The molecule has 0 spiro atoms. The lowest BCUT2D eigenvalue weighted by Crippen LogP contribution is -2.48. The van der Waals surface area contributed by atoms with Crippen molar-refractivity contribution in [3.05, 3.63) is 0 Å². The van der Waals surface area contributed by atoms with Gasteiger partial charge in [-0.2, -0.15) is 0 Å². The fourth-order valence-electron chi connectivity index (χ4n) is 2.87. The van der Waals surface area contributed by atoms with Gasteiger partial charge in [0, 0.05) is 19.6 Å². The number of carbonyl (C=O) groups is 1. The molecule has 0 aromatic heterocycles. The Labute approximate surface area is 111 Å². The van der Waals surface area contributed by atoms with Crippen LogP contribution in [0.15, 0.2) is 0 Å². The lowest BCUT2D eigenvalue weighted by molar-refractivity contribution is -0.137. The van der Waals surface area contributed by atoms with Gasteiger partial charge in [0.1, 0.15) is 0 Å². The number of nitrogens with two attached hydrogens (primary N) is 1. The van der Waals surface area contributed by atoms with E-state index in [4.69, 9.17) is 5.73 Å². The van der Waals surface area contributed by atoms with E-state index in [1.54, 1.807) is 0 Å². The van der Waals surface area contributed by atoms with Crippen LogP contribution in [0.5, 0.6) is 0 Å². The second-order valence-corrected chi connectivity index (χ2v) is 6.01. The average Bonchev–Trinajstić information content (AvgIpc) is 2.27. The summed E-state index contributed by atoms with van der Waals surface area (Å²) in [6.45, 7) is 4.01. The third-order valence-electron chi connectivity index (χ3n) is 4.03. The molecule has 0 aliphatic heterocycles. The van der Waals surface area contributed by atoms with Crippen LogP contribution in [0.3, 0.4) is 0 Å². The summed E-state index contributed by atoms with van der Waals surface area (Å²) in [5.74, 6) is 0.703. The lowest BCUT2D eigenvalue weighted by Gasteiger charge is -2.35. The first-order valence-corrected chi connectivity index (χ1v) is 7.08. The Bertz CT molecular complexity index is 258. The van der Waals surface area contributed by atoms with E-state index in [-0.39, 0.29) is 17.9 Å². The van der Waals surface area contributed by atoms with Gasteiger partial charge in [0.05, 0.1) is 5.92 Å². The van der Waals surface area contributed by atoms with Crippen LogP contribution < -0.4 is 5.73 Å². The summed E-state index contributed by atoms with van der Waals surface area (Å²) >= 11 is 0. The van der Waals surface area contributed by atoms with Gasteiger partial charge in [-0.25, -0.2) is 0 Å².